The van der Waals surface area contributed by atoms with Crippen LogP contribution in [0.15, 0.2) is 10.6 Å². The van der Waals surface area contributed by atoms with Gasteiger partial charge in [0.25, 0.3) is 11.8 Å². The molecule has 1 aromatic rings. The summed E-state index contributed by atoms with van der Waals surface area (Å²) in [6, 6.07) is 3.54. The number of aromatic nitrogens is 1. The van der Waals surface area contributed by atoms with Gasteiger partial charge in [0, 0.05) is 6.07 Å². The third-order valence-electron chi connectivity index (χ3n) is 3.09. The molecule has 0 aliphatic heterocycles. The van der Waals surface area contributed by atoms with E-state index in [4.69, 9.17) is 19.3 Å². The predicted octanol–water partition coefficient (Wildman–Crippen LogP) is 0.959. The first-order chi connectivity index (χ1) is 10.3. The number of esters is 1. The molecule has 0 unspecified atom stereocenters. The maximum absolute atomic E-state index is 11.7. The summed E-state index contributed by atoms with van der Waals surface area (Å²) < 4.78 is 14.5. The van der Waals surface area contributed by atoms with E-state index in [1.54, 1.807) is 13.8 Å². The van der Waals surface area contributed by atoms with Gasteiger partial charge < -0.3 is 19.3 Å². The molecular formula is C14H19N3O5. The molecule has 8 heteroatoms. The number of nitriles is 1. The van der Waals surface area contributed by atoms with Crippen LogP contribution in [0.2, 0.25) is 0 Å². The zero-order valence-corrected chi connectivity index (χ0v) is 13.0. The van der Waals surface area contributed by atoms with Gasteiger partial charge in [0.05, 0.1) is 6.07 Å². The van der Waals surface area contributed by atoms with Crippen molar-refractivity contribution in [2.75, 3.05) is 13.2 Å². The molecule has 120 valence electrons. The van der Waals surface area contributed by atoms with Crippen LogP contribution in [0.3, 0.4) is 0 Å². The fourth-order valence-electron chi connectivity index (χ4n) is 1.36. The van der Waals surface area contributed by atoms with Crippen molar-refractivity contribution in [1.29, 1.82) is 5.26 Å². The minimum atomic E-state index is -1.02. The number of nitrogens with one attached hydrogen (secondary N) is 1. The highest BCUT2D eigenvalue weighted by atomic mass is 16.6. The van der Waals surface area contributed by atoms with Crippen LogP contribution in [0.25, 0.3) is 0 Å². The van der Waals surface area contributed by atoms with Crippen molar-refractivity contribution in [3.8, 4) is 11.9 Å². The monoisotopic (exact) mass is 309 g/mol. The third-order valence-corrected chi connectivity index (χ3v) is 3.09. The summed E-state index contributed by atoms with van der Waals surface area (Å²) in [7, 11) is 0. The predicted molar refractivity (Wildman–Crippen MR) is 74.7 cm³/mol. The molecule has 0 aliphatic carbocycles. The van der Waals surface area contributed by atoms with Crippen LogP contribution in [-0.2, 0) is 14.3 Å². The number of hydrogen-bond donors (Lipinski definition) is 1. The lowest BCUT2D eigenvalue weighted by Crippen LogP contribution is -2.50. The lowest BCUT2D eigenvalue weighted by molar-refractivity contribution is -0.150. The second-order valence-corrected chi connectivity index (χ2v) is 5.24. The van der Waals surface area contributed by atoms with Crippen molar-refractivity contribution in [3.05, 3.63) is 11.8 Å². The average molecular weight is 309 g/mol. The summed E-state index contributed by atoms with van der Waals surface area (Å²) >= 11 is 0. The minimum Gasteiger partial charge on any atom is -0.463 e. The Morgan fingerprint density at radius 2 is 2.18 bits per heavy atom. The highest BCUT2D eigenvalue weighted by Gasteiger charge is 2.30. The quantitative estimate of drug-likeness (QED) is 0.746. The molecule has 0 bridgehead atoms. The average Bonchev–Trinajstić information content (AvgIpc) is 2.88. The zero-order valence-electron chi connectivity index (χ0n) is 13.0. The van der Waals surface area contributed by atoms with Crippen LogP contribution in [-0.4, -0.2) is 35.8 Å². The van der Waals surface area contributed by atoms with E-state index in [2.05, 4.69) is 10.5 Å². The van der Waals surface area contributed by atoms with E-state index in [1.807, 2.05) is 19.9 Å². The Kier molecular flexibility index (Phi) is 5.92. The highest BCUT2D eigenvalue weighted by molar-refractivity contribution is 5.81. The van der Waals surface area contributed by atoms with E-state index in [9.17, 15) is 9.59 Å². The molecule has 0 fully saturated rings. The maximum Gasteiger partial charge on any atom is 0.344 e. The van der Waals surface area contributed by atoms with Gasteiger partial charge in [-0.05, 0) is 24.9 Å². The Labute approximate surface area is 128 Å². The van der Waals surface area contributed by atoms with Crippen LogP contribution in [0.4, 0.5) is 0 Å². The molecule has 1 N–H and O–H groups in total. The summed E-state index contributed by atoms with van der Waals surface area (Å²) in [5, 5.41) is 15.2. The van der Waals surface area contributed by atoms with Gasteiger partial charge in [-0.1, -0.05) is 13.8 Å². The second kappa shape index (κ2) is 7.45. The SMILES string of the molecule is Cc1cc(OCC(=O)OCC(=O)N[C@](C)(C#N)C(C)C)no1. The summed E-state index contributed by atoms with van der Waals surface area (Å²) in [5.74, 6) is -0.652. The van der Waals surface area contributed by atoms with Crippen LogP contribution >= 0.6 is 0 Å². The Bertz CT molecular complexity index is 575. The number of amides is 1. The lowest BCUT2D eigenvalue weighted by Gasteiger charge is -2.27. The van der Waals surface area contributed by atoms with Crippen molar-refractivity contribution in [2.24, 2.45) is 5.92 Å². The van der Waals surface area contributed by atoms with Gasteiger partial charge in [0.1, 0.15) is 11.3 Å². The Morgan fingerprint density at radius 3 is 2.68 bits per heavy atom. The van der Waals surface area contributed by atoms with Crippen LogP contribution in [0, 0.1) is 24.2 Å². The van der Waals surface area contributed by atoms with Gasteiger partial charge >= 0.3 is 5.97 Å². The van der Waals surface area contributed by atoms with Crippen LogP contribution in [0.1, 0.15) is 26.5 Å². The largest absolute Gasteiger partial charge is 0.463 e. The molecule has 1 rings (SSSR count). The Morgan fingerprint density at radius 1 is 1.50 bits per heavy atom. The van der Waals surface area contributed by atoms with E-state index in [-0.39, 0.29) is 18.4 Å². The van der Waals surface area contributed by atoms with Crippen molar-refractivity contribution < 1.29 is 23.6 Å². The molecule has 1 atom stereocenters. The summed E-state index contributed by atoms with van der Waals surface area (Å²) in [4.78, 5) is 23.1. The molecule has 0 aromatic carbocycles. The first-order valence-corrected chi connectivity index (χ1v) is 6.71. The number of hydrogen-bond acceptors (Lipinski definition) is 7. The minimum absolute atomic E-state index is 0.0871. The zero-order chi connectivity index (χ0) is 16.8. The number of carbonyl (C=O) groups excluding carboxylic acids is 2. The normalized spacial score (nSPS) is 13.1. The van der Waals surface area contributed by atoms with Gasteiger partial charge in [0.2, 0.25) is 0 Å². The molecule has 0 radical (unpaired) electrons. The number of ether oxygens (including phenoxy) is 2. The van der Waals surface area contributed by atoms with Crippen molar-refractivity contribution in [3.63, 3.8) is 0 Å². The summed E-state index contributed by atoms with van der Waals surface area (Å²) in [6.07, 6.45) is 0. The summed E-state index contributed by atoms with van der Waals surface area (Å²) in [6.45, 7) is 6.03. The third kappa shape index (κ3) is 5.09. The molecule has 0 spiro atoms. The molecule has 22 heavy (non-hydrogen) atoms. The fraction of sp³-hybridized carbons (Fsp3) is 0.571. The van der Waals surface area contributed by atoms with Crippen LogP contribution < -0.4 is 10.1 Å². The van der Waals surface area contributed by atoms with Crippen molar-refractivity contribution in [1.82, 2.24) is 10.5 Å². The standard InChI is InChI=1S/C14H19N3O5/c1-9(2)14(4,8-15)16-11(18)6-21-13(19)7-20-12-5-10(3)22-17-12/h5,9H,6-7H2,1-4H3,(H,16,18)/t14-/m1/s1. The number of rotatable bonds is 7. The van der Waals surface area contributed by atoms with Gasteiger partial charge in [-0.2, -0.15) is 5.26 Å². The van der Waals surface area contributed by atoms with E-state index < -0.39 is 24.0 Å². The molecule has 8 nitrogen and oxygen atoms in total. The molecule has 1 aromatic heterocycles. The smallest absolute Gasteiger partial charge is 0.344 e. The van der Waals surface area contributed by atoms with E-state index in [1.165, 1.54) is 6.07 Å². The van der Waals surface area contributed by atoms with Gasteiger partial charge in [-0.25, -0.2) is 4.79 Å². The molecule has 1 heterocycles. The molecule has 1 amide bonds. The van der Waals surface area contributed by atoms with Crippen molar-refractivity contribution in [2.45, 2.75) is 33.2 Å². The van der Waals surface area contributed by atoms with E-state index >= 15 is 0 Å². The number of carbonyl (C=O) groups is 2. The Balaban J connectivity index is 2.34. The maximum atomic E-state index is 11.7. The first-order valence-electron chi connectivity index (χ1n) is 6.71. The molecule has 0 saturated heterocycles. The molecule has 0 saturated carbocycles. The first kappa shape index (κ1) is 17.5. The van der Waals surface area contributed by atoms with E-state index in [0.717, 1.165) is 0 Å². The Hall–Kier alpha value is -2.56. The van der Waals surface area contributed by atoms with E-state index in [0.29, 0.717) is 5.76 Å². The number of nitrogens with zero attached hydrogens (tertiary/aromatic N) is 2. The summed E-state index contributed by atoms with van der Waals surface area (Å²) in [5.41, 5.74) is -1.02. The van der Waals surface area contributed by atoms with Gasteiger partial charge in [-0.15, -0.1) is 0 Å². The van der Waals surface area contributed by atoms with Gasteiger partial charge in [0.15, 0.2) is 13.2 Å². The number of aryl methyl sites for hydroxylation is 1. The molecular weight excluding hydrogens is 290 g/mol. The fourth-order valence-corrected chi connectivity index (χ4v) is 1.36. The van der Waals surface area contributed by atoms with Gasteiger partial charge in [-0.3, -0.25) is 4.79 Å². The van der Waals surface area contributed by atoms with Crippen LogP contribution in [0.5, 0.6) is 5.88 Å². The second-order valence-electron chi connectivity index (χ2n) is 5.24. The highest BCUT2D eigenvalue weighted by Crippen LogP contribution is 2.14. The lowest BCUT2D eigenvalue weighted by atomic mass is 9.90. The topological polar surface area (TPSA) is 114 Å². The molecule has 0 aliphatic rings. The van der Waals surface area contributed by atoms with Crippen molar-refractivity contribution >= 4 is 11.9 Å².